The molecule has 0 aromatic carbocycles. The average molecular weight is 253 g/mol. The van der Waals surface area contributed by atoms with Crippen LogP contribution < -0.4 is 0 Å². The molecule has 0 atom stereocenters. The van der Waals surface area contributed by atoms with Gasteiger partial charge in [0.25, 0.3) is 0 Å². The van der Waals surface area contributed by atoms with Crippen molar-refractivity contribution in [3.8, 4) is 0 Å². The van der Waals surface area contributed by atoms with Crippen LogP contribution >= 0.6 is 23.2 Å². The summed E-state index contributed by atoms with van der Waals surface area (Å²) in [5.74, 6) is -0.920. The maximum atomic E-state index is 11.9. The third kappa shape index (κ3) is 3.46. The largest absolute Gasteiger partial charge is 0.295 e. The van der Waals surface area contributed by atoms with Crippen LogP contribution in [-0.4, -0.2) is 15.9 Å². The molecule has 0 rings (SSSR count). The lowest BCUT2D eigenvalue weighted by Gasteiger charge is -2.30. The zero-order chi connectivity index (χ0) is 12.7. The maximum absolute atomic E-state index is 11.9. The molecule has 0 aliphatic rings. The van der Waals surface area contributed by atoms with Gasteiger partial charge in [0, 0.05) is 10.8 Å². The summed E-state index contributed by atoms with van der Waals surface area (Å²) < 4.78 is -1.95. The summed E-state index contributed by atoms with van der Waals surface area (Å²) in [6.07, 6.45) is 0. The van der Waals surface area contributed by atoms with Crippen LogP contribution in [0.1, 0.15) is 41.5 Å². The highest BCUT2D eigenvalue weighted by Crippen LogP contribution is 2.37. The molecule has 0 unspecified atom stereocenters. The Balaban J connectivity index is 5.18. The van der Waals surface area contributed by atoms with E-state index in [4.69, 9.17) is 23.2 Å². The van der Waals surface area contributed by atoms with Crippen molar-refractivity contribution >= 4 is 34.8 Å². The number of Topliss-reactive ketones (excluding diaryl/α,β-unsaturated/α-hetero) is 2. The zero-order valence-electron chi connectivity index (χ0n) is 10.1. The zero-order valence-corrected chi connectivity index (χ0v) is 11.6. The van der Waals surface area contributed by atoms with Crippen LogP contribution in [0, 0.1) is 10.8 Å². The van der Waals surface area contributed by atoms with E-state index in [1.807, 2.05) is 0 Å². The standard InChI is InChI=1S/C11H18Cl2O2/c1-9(2,3)7(14)11(12,13)8(15)10(4,5)6/h1-6H3. The first-order chi connectivity index (χ1) is 6.31. The van der Waals surface area contributed by atoms with Gasteiger partial charge < -0.3 is 0 Å². The molecule has 0 saturated carbocycles. The lowest BCUT2D eigenvalue weighted by atomic mass is 9.81. The Morgan fingerprint density at radius 3 is 1.07 bits per heavy atom. The van der Waals surface area contributed by atoms with E-state index in [1.54, 1.807) is 41.5 Å². The molecule has 0 aromatic heterocycles. The Morgan fingerprint density at radius 2 is 0.933 bits per heavy atom. The van der Waals surface area contributed by atoms with Crippen LogP contribution in [0.5, 0.6) is 0 Å². The highest BCUT2D eigenvalue weighted by Gasteiger charge is 2.50. The van der Waals surface area contributed by atoms with Gasteiger partial charge in [-0.25, -0.2) is 0 Å². The number of carbonyl (C=O) groups is 2. The topological polar surface area (TPSA) is 34.1 Å². The molecule has 0 amide bonds. The molecular formula is C11H18Cl2O2. The summed E-state index contributed by atoms with van der Waals surface area (Å²) in [5.41, 5.74) is -1.46. The van der Waals surface area contributed by atoms with Crippen LogP contribution in [0.4, 0.5) is 0 Å². The van der Waals surface area contributed by atoms with E-state index in [9.17, 15) is 9.59 Å². The average Bonchev–Trinajstić information content (AvgIpc) is 1.98. The lowest BCUT2D eigenvalue weighted by Crippen LogP contribution is -2.47. The number of carbonyl (C=O) groups excluding carboxylic acids is 2. The van der Waals surface area contributed by atoms with E-state index in [0.29, 0.717) is 0 Å². The molecule has 0 bridgehead atoms. The summed E-state index contributed by atoms with van der Waals surface area (Å²) in [6, 6.07) is 0. The SMILES string of the molecule is CC(C)(C)C(=O)C(Cl)(Cl)C(=O)C(C)(C)C. The Hall–Kier alpha value is -0.0800. The smallest absolute Gasteiger partial charge is 0.234 e. The van der Waals surface area contributed by atoms with Crippen LogP contribution in [0.3, 0.4) is 0 Å². The summed E-state index contributed by atoms with van der Waals surface area (Å²) >= 11 is 11.7. The molecule has 15 heavy (non-hydrogen) atoms. The van der Waals surface area contributed by atoms with Gasteiger partial charge in [0.1, 0.15) is 0 Å². The van der Waals surface area contributed by atoms with Crippen LogP contribution in [0.15, 0.2) is 0 Å². The molecule has 0 aliphatic carbocycles. The van der Waals surface area contributed by atoms with E-state index >= 15 is 0 Å². The second kappa shape index (κ2) is 4.06. The predicted octanol–water partition coefficient (Wildman–Crippen LogP) is 3.39. The Morgan fingerprint density at radius 1 is 0.733 bits per heavy atom. The van der Waals surface area contributed by atoms with Crippen LogP contribution in [-0.2, 0) is 9.59 Å². The van der Waals surface area contributed by atoms with Gasteiger partial charge in [-0.3, -0.25) is 9.59 Å². The number of ketones is 2. The first-order valence-corrected chi connectivity index (χ1v) is 5.54. The first-order valence-electron chi connectivity index (χ1n) is 4.79. The van der Waals surface area contributed by atoms with Gasteiger partial charge in [0.15, 0.2) is 11.6 Å². The Kier molecular flexibility index (Phi) is 4.04. The van der Waals surface area contributed by atoms with Crippen molar-refractivity contribution in [3.63, 3.8) is 0 Å². The quantitative estimate of drug-likeness (QED) is 0.558. The number of hydrogen-bond acceptors (Lipinski definition) is 2. The van der Waals surface area contributed by atoms with Gasteiger partial charge in [-0.05, 0) is 0 Å². The monoisotopic (exact) mass is 252 g/mol. The van der Waals surface area contributed by atoms with E-state index < -0.39 is 26.7 Å². The molecule has 0 spiro atoms. The fourth-order valence-corrected chi connectivity index (χ4v) is 2.18. The van der Waals surface area contributed by atoms with Crippen molar-refractivity contribution in [2.45, 2.75) is 45.9 Å². The summed E-state index contributed by atoms with van der Waals surface area (Å²) in [4.78, 5) is 23.8. The minimum atomic E-state index is -1.95. The fraction of sp³-hybridized carbons (Fsp3) is 0.818. The Bertz CT molecular complexity index is 252. The fourth-order valence-electron chi connectivity index (χ4n) is 1.05. The van der Waals surface area contributed by atoms with Gasteiger partial charge in [-0.2, -0.15) is 0 Å². The van der Waals surface area contributed by atoms with Crippen LogP contribution in [0.25, 0.3) is 0 Å². The van der Waals surface area contributed by atoms with Gasteiger partial charge in [-0.15, -0.1) is 0 Å². The molecule has 0 saturated heterocycles. The number of hydrogen-bond donors (Lipinski definition) is 0. The van der Waals surface area contributed by atoms with Gasteiger partial charge in [-0.1, -0.05) is 64.7 Å². The molecule has 4 heteroatoms. The van der Waals surface area contributed by atoms with Gasteiger partial charge in [0.2, 0.25) is 4.33 Å². The second-order valence-electron chi connectivity index (χ2n) is 5.73. The minimum absolute atomic E-state index is 0.460. The molecule has 0 aliphatic heterocycles. The molecule has 0 fully saturated rings. The summed E-state index contributed by atoms with van der Waals surface area (Å²) in [5, 5.41) is 0. The molecule has 0 aromatic rings. The maximum Gasteiger partial charge on any atom is 0.234 e. The van der Waals surface area contributed by atoms with E-state index in [0.717, 1.165) is 0 Å². The Labute approximate surface area is 101 Å². The second-order valence-corrected chi connectivity index (χ2v) is 7.06. The molecule has 0 heterocycles. The third-order valence-corrected chi connectivity index (χ3v) is 2.62. The molecular weight excluding hydrogens is 235 g/mol. The van der Waals surface area contributed by atoms with Crippen molar-refractivity contribution < 1.29 is 9.59 Å². The van der Waals surface area contributed by atoms with Crippen molar-refractivity contribution in [3.05, 3.63) is 0 Å². The van der Waals surface area contributed by atoms with Crippen molar-refractivity contribution in [1.29, 1.82) is 0 Å². The van der Waals surface area contributed by atoms with Crippen molar-refractivity contribution in [1.82, 2.24) is 0 Å². The highest BCUT2D eigenvalue weighted by atomic mass is 35.5. The van der Waals surface area contributed by atoms with Crippen molar-refractivity contribution in [2.24, 2.45) is 10.8 Å². The third-order valence-electron chi connectivity index (χ3n) is 1.93. The first kappa shape index (κ1) is 14.9. The van der Waals surface area contributed by atoms with E-state index in [1.165, 1.54) is 0 Å². The highest BCUT2D eigenvalue weighted by molar-refractivity contribution is 6.68. The van der Waals surface area contributed by atoms with E-state index in [2.05, 4.69) is 0 Å². The van der Waals surface area contributed by atoms with Crippen LogP contribution in [0.2, 0.25) is 0 Å². The number of rotatable bonds is 2. The number of halogens is 2. The molecule has 0 N–H and O–H groups in total. The normalized spacial score (nSPS) is 13.9. The summed E-state index contributed by atoms with van der Waals surface area (Å²) in [6.45, 7) is 10.1. The lowest BCUT2D eigenvalue weighted by molar-refractivity contribution is -0.136. The van der Waals surface area contributed by atoms with Gasteiger partial charge in [0.05, 0.1) is 0 Å². The number of alkyl halides is 2. The van der Waals surface area contributed by atoms with E-state index in [-0.39, 0.29) is 0 Å². The van der Waals surface area contributed by atoms with Gasteiger partial charge >= 0.3 is 0 Å². The predicted molar refractivity (Wildman–Crippen MR) is 63.4 cm³/mol. The molecule has 0 radical (unpaired) electrons. The minimum Gasteiger partial charge on any atom is -0.295 e. The van der Waals surface area contributed by atoms with Crippen molar-refractivity contribution in [2.75, 3.05) is 0 Å². The molecule has 2 nitrogen and oxygen atoms in total. The summed E-state index contributed by atoms with van der Waals surface area (Å²) in [7, 11) is 0. The molecule has 88 valence electrons.